The van der Waals surface area contributed by atoms with Crippen LogP contribution in [0.2, 0.25) is 5.02 Å². The molecule has 4 aliphatic rings. The molecule has 0 saturated carbocycles. The van der Waals surface area contributed by atoms with Crippen molar-refractivity contribution in [3.8, 4) is 5.00 Å². The van der Waals surface area contributed by atoms with E-state index < -0.39 is 18.0 Å². The Kier molecular flexibility index (Phi) is 9.64. The number of nitrogens with one attached hydrogen (secondary N) is 1. The molecule has 7 heterocycles. The van der Waals surface area contributed by atoms with Gasteiger partial charge in [-0.3, -0.25) is 43.3 Å². The van der Waals surface area contributed by atoms with Crippen LogP contribution < -0.4 is 15.9 Å². The number of aliphatic imine (C=N–C) groups is 1. The van der Waals surface area contributed by atoms with Crippen LogP contribution in [0, 0.1) is 20.8 Å². The van der Waals surface area contributed by atoms with E-state index in [4.69, 9.17) is 16.6 Å². The van der Waals surface area contributed by atoms with Crippen molar-refractivity contribution in [1.29, 1.82) is 0 Å². The lowest BCUT2D eigenvalue weighted by atomic mass is 9.99. The minimum Gasteiger partial charge on any atom is -0.371 e. The maximum atomic E-state index is 14.1. The van der Waals surface area contributed by atoms with E-state index >= 15 is 0 Å². The number of aryl methyl sites for hydroxylation is 3. The Labute approximate surface area is 338 Å². The predicted octanol–water partition coefficient (Wildman–Crippen LogP) is 4.63. The fourth-order valence-electron chi connectivity index (χ4n) is 9.03. The van der Waals surface area contributed by atoms with Crippen LogP contribution in [0.25, 0.3) is 16.0 Å². The smallest absolute Gasteiger partial charge is 0.329 e. The van der Waals surface area contributed by atoms with Gasteiger partial charge in [-0.05, 0) is 75.9 Å². The van der Waals surface area contributed by atoms with Crippen molar-refractivity contribution in [3.05, 3.63) is 91.2 Å². The summed E-state index contributed by atoms with van der Waals surface area (Å²) < 4.78 is 5.20. The van der Waals surface area contributed by atoms with Gasteiger partial charge in [-0.25, -0.2) is 4.79 Å². The SMILES string of the molecule is Cc1sc2c(c1C)C(c1ccc(Cl)cc1)=N[C@@H](CC(=O)N1CCN(C3CCN(c4ccc5c(c4)n(C)c(=O)n5C4CCC(=O)NC4=O)CC3)CC1)c1nnc(C)n1-2. The third kappa shape index (κ3) is 6.58. The minimum atomic E-state index is -0.705. The quantitative estimate of drug-likeness (QED) is 0.245. The van der Waals surface area contributed by atoms with Gasteiger partial charge in [0.2, 0.25) is 17.7 Å². The monoisotopic (exact) mass is 808 g/mol. The number of piperidine rings is 2. The molecule has 3 aromatic heterocycles. The number of carbonyl (C=O) groups excluding carboxylic acids is 3. The summed E-state index contributed by atoms with van der Waals surface area (Å²) in [6, 6.07) is 12.9. The molecule has 296 valence electrons. The number of fused-ring (bicyclic) bond motifs is 4. The van der Waals surface area contributed by atoms with Crippen LogP contribution in [0.15, 0.2) is 52.3 Å². The molecule has 1 N–H and O–H groups in total. The molecule has 0 radical (unpaired) electrons. The molecule has 9 rings (SSSR count). The number of imide groups is 1. The fourth-order valence-corrected chi connectivity index (χ4v) is 10.4. The van der Waals surface area contributed by atoms with Crippen molar-refractivity contribution < 1.29 is 14.4 Å². The second kappa shape index (κ2) is 14.7. The van der Waals surface area contributed by atoms with Gasteiger partial charge in [0.1, 0.15) is 22.9 Å². The van der Waals surface area contributed by atoms with Gasteiger partial charge in [0.15, 0.2) is 5.82 Å². The number of amides is 3. The Morgan fingerprint density at radius 2 is 1.65 bits per heavy atom. The molecular formula is C41H45ClN10O4S. The van der Waals surface area contributed by atoms with Gasteiger partial charge in [-0.1, -0.05) is 23.7 Å². The van der Waals surface area contributed by atoms with Gasteiger partial charge in [0.25, 0.3) is 0 Å². The first-order chi connectivity index (χ1) is 27.5. The van der Waals surface area contributed by atoms with Crippen molar-refractivity contribution in [3.63, 3.8) is 0 Å². The molecule has 57 heavy (non-hydrogen) atoms. The molecule has 2 atom stereocenters. The van der Waals surface area contributed by atoms with E-state index in [0.717, 1.165) is 83.5 Å². The zero-order valence-corrected chi connectivity index (χ0v) is 34.1. The average Bonchev–Trinajstić information content (AvgIpc) is 3.79. The lowest BCUT2D eigenvalue weighted by Gasteiger charge is -2.43. The van der Waals surface area contributed by atoms with Crippen molar-refractivity contribution in [2.75, 3.05) is 44.2 Å². The van der Waals surface area contributed by atoms with Crippen LogP contribution >= 0.6 is 22.9 Å². The number of rotatable bonds is 6. The standard InChI is InChI=1S/C41H45ClN10O4S/c1-23-24(2)57-40-36(23)37(26-5-7-27(42)8-6-26)43-30(38-46-45-25(3)51(38)40)22-35(54)50-19-17-49(18-20-50)28-13-15-48(16-14-28)29-9-10-31-33(21-29)47(4)41(56)52(31)32-11-12-34(53)44-39(32)55/h5-10,21,28,30,32H,11-20,22H2,1-4H3,(H,44,53,55)/t30-,32?/m0/s1. The third-order valence-electron chi connectivity index (χ3n) is 12.3. The molecule has 3 fully saturated rings. The number of thiophene rings is 1. The second-order valence-electron chi connectivity index (χ2n) is 15.6. The third-order valence-corrected chi connectivity index (χ3v) is 13.8. The summed E-state index contributed by atoms with van der Waals surface area (Å²) in [5.41, 5.74) is 6.23. The Bertz CT molecular complexity index is 2520. The van der Waals surface area contributed by atoms with Gasteiger partial charge < -0.3 is 9.80 Å². The summed E-state index contributed by atoms with van der Waals surface area (Å²) in [6.07, 6.45) is 2.70. The molecule has 0 bridgehead atoms. The van der Waals surface area contributed by atoms with E-state index in [1.807, 2.05) is 54.3 Å². The van der Waals surface area contributed by atoms with Crippen molar-refractivity contribution in [1.82, 2.24) is 39.0 Å². The van der Waals surface area contributed by atoms with Gasteiger partial charge in [0, 0.05) is 85.5 Å². The van der Waals surface area contributed by atoms with Gasteiger partial charge in [-0.15, -0.1) is 21.5 Å². The second-order valence-corrected chi connectivity index (χ2v) is 17.2. The summed E-state index contributed by atoms with van der Waals surface area (Å²) in [5, 5.41) is 13.1. The molecule has 0 aliphatic carbocycles. The van der Waals surface area contributed by atoms with Crippen molar-refractivity contribution >= 4 is 63.1 Å². The first-order valence-corrected chi connectivity index (χ1v) is 20.8. The highest BCUT2D eigenvalue weighted by Crippen LogP contribution is 2.40. The van der Waals surface area contributed by atoms with E-state index in [1.165, 1.54) is 9.44 Å². The highest BCUT2D eigenvalue weighted by atomic mass is 35.5. The molecule has 1 unspecified atom stereocenters. The van der Waals surface area contributed by atoms with E-state index in [9.17, 15) is 19.2 Å². The van der Waals surface area contributed by atoms with Crippen LogP contribution in [0.4, 0.5) is 5.69 Å². The first kappa shape index (κ1) is 37.5. The normalized spacial score (nSPS) is 20.7. The van der Waals surface area contributed by atoms with Crippen LogP contribution in [-0.2, 0) is 21.4 Å². The number of piperazine rings is 1. The maximum Gasteiger partial charge on any atom is 0.329 e. The van der Waals surface area contributed by atoms with E-state index in [1.54, 1.807) is 23.0 Å². The number of anilines is 1. The van der Waals surface area contributed by atoms with E-state index in [2.05, 4.69) is 43.7 Å². The Morgan fingerprint density at radius 3 is 2.37 bits per heavy atom. The summed E-state index contributed by atoms with van der Waals surface area (Å²) in [6.45, 7) is 10.9. The molecule has 16 heteroatoms. The summed E-state index contributed by atoms with van der Waals surface area (Å²) in [4.78, 5) is 65.1. The molecule has 4 aliphatic heterocycles. The number of imidazole rings is 1. The van der Waals surface area contributed by atoms with Crippen LogP contribution in [0.3, 0.4) is 0 Å². The maximum absolute atomic E-state index is 14.1. The number of benzene rings is 2. The van der Waals surface area contributed by atoms with Crippen LogP contribution in [0.5, 0.6) is 0 Å². The predicted molar refractivity (Wildman–Crippen MR) is 220 cm³/mol. The molecule has 3 amide bonds. The molecule has 2 aromatic carbocycles. The number of halogens is 1. The summed E-state index contributed by atoms with van der Waals surface area (Å²) in [7, 11) is 1.73. The van der Waals surface area contributed by atoms with Gasteiger partial charge >= 0.3 is 5.69 Å². The molecular weight excluding hydrogens is 764 g/mol. The fraction of sp³-hybridized carbons (Fsp3) is 0.439. The zero-order valence-electron chi connectivity index (χ0n) is 32.5. The highest BCUT2D eigenvalue weighted by molar-refractivity contribution is 7.15. The van der Waals surface area contributed by atoms with Crippen LogP contribution in [-0.4, -0.2) is 102 Å². The van der Waals surface area contributed by atoms with E-state index in [-0.39, 0.29) is 30.3 Å². The largest absolute Gasteiger partial charge is 0.371 e. The minimum absolute atomic E-state index is 0.0651. The zero-order chi connectivity index (χ0) is 39.7. The topological polar surface area (TPSA) is 143 Å². The number of nitrogens with zero attached hydrogens (tertiary/aromatic N) is 9. The molecule has 5 aromatic rings. The van der Waals surface area contributed by atoms with Gasteiger partial charge in [0.05, 0.1) is 23.2 Å². The Morgan fingerprint density at radius 1 is 0.912 bits per heavy atom. The Balaban J connectivity index is 0.857. The number of aromatic nitrogens is 5. The number of hydrogen-bond acceptors (Lipinski definition) is 10. The number of hydrogen-bond donors (Lipinski definition) is 1. The van der Waals surface area contributed by atoms with Crippen LogP contribution in [0.1, 0.15) is 77.4 Å². The summed E-state index contributed by atoms with van der Waals surface area (Å²) in [5.74, 6) is 0.784. The highest BCUT2D eigenvalue weighted by Gasteiger charge is 2.36. The Hall–Kier alpha value is -5.12. The van der Waals surface area contributed by atoms with Crippen molar-refractivity contribution in [2.45, 2.75) is 71.0 Å². The summed E-state index contributed by atoms with van der Waals surface area (Å²) >= 11 is 7.98. The van der Waals surface area contributed by atoms with Gasteiger partial charge in [-0.2, -0.15) is 0 Å². The lowest BCUT2D eigenvalue weighted by Crippen LogP contribution is -2.54. The lowest BCUT2D eigenvalue weighted by molar-refractivity contribution is -0.136. The number of carbonyl (C=O) groups is 3. The van der Waals surface area contributed by atoms with E-state index in [0.29, 0.717) is 41.9 Å². The van der Waals surface area contributed by atoms with Crippen molar-refractivity contribution in [2.24, 2.45) is 12.0 Å². The molecule has 0 spiro atoms. The molecule has 3 saturated heterocycles. The average molecular weight is 809 g/mol. The first-order valence-electron chi connectivity index (χ1n) is 19.6. The molecule has 14 nitrogen and oxygen atoms in total.